The molecule has 2 heterocycles. The van der Waals surface area contributed by atoms with E-state index in [4.69, 9.17) is 9.47 Å². The van der Waals surface area contributed by atoms with Gasteiger partial charge in [0.15, 0.2) is 0 Å². The lowest BCUT2D eigenvalue weighted by Crippen LogP contribution is -2.38. The molecule has 0 unspecified atom stereocenters. The number of urea groups is 1. The van der Waals surface area contributed by atoms with E-state index >= 15 is 0 Å². The summed E-state index contributed by atoms with van der Waals surface area (Å²) in [6.07, 6.45) is 4.72. The summed E-state index contributed by atoms with van der Waals surface area (Å²) in [6.45, 7) is 3.80. The summed E-state index contributed by atoms with van der Waals surface area (Å²) in [7, 11) is 5.35. The maximum atomic E-state index is 12.7. The van der Waals surface area contributed by atoms with Crippen LogP contribution in [-0.2, 0) is 6.42 Å². The maximum absolute atomic E-state index is 12.7. The third-order valence-corrected chi connectivity index (χ3v) is 6.49. The molecule has 1 saturated heterocycles. The lowest BCUT2D eigenvalue weighted by molar-refractivity contribution is 0.227. The minimum atomic E-state index is -0.234. The summed E-state index contributed by atoms with van der Waals surface area (Å²) >= 11 is 0. The molecule has 7 heteroatoms. The second-order valence-corrected chi connectivity index (χ2v) is 8.61. The first-order chi connectivity index (χ1) is 15.6. The number of ether oxygens (including phenoxy) is 2. The third kappa shape index (κ3) is 5.10. The summed E-state index contributed by atoms with van der Waals surface area (Å²) in [5, 5.41) is 6.00. The van der Waals surface area contributed by atoms with Crippen molar-refractivity contribution in [2.45, 2.75) is 31.7 Å². The van der Waals surface area contributed by atoms with Crippen molar-refractivity contribution in [3.8, 4) is 11.5 Å². The molecular weight excluding hydrogens is 404 g/mol. The van der Waals surface area contributed by atoms with Gasteiger partial charge < -0.3 is 25.0 Å². The van der Waals surface area contributed by atoms with Crippen molar-refractivity contribution in [2.75, 3.05) is 57.7 Å². The van der Waals surface area contributed by atoms with E-state index in [-0.39, 0.29) is 12.1 Å². The maximum Gasteiger partial charge on any atom is 0.319 e. The zero-order valence-electron chi connectivity index (χ0n) is 19.3. The van der Waals surface area contributed by atoms with Crippen LogP contribution in [-0.4, -0.2) is 58.4 Å². The van der Waals surface area contributed by atoms with Crippen LogP contribution in [0, 0.1) is 0 Å². The number of rotatable bonds is 7. The zero-order chi connectivity index (χ0) is 22.5. The van der Waals surface area contributed by atoms with Crippen LogP contribution in [0.5, 0.6) is 11.5 Å². The van der Waals surface area contributed by atoms with Gasteiger partial charge in [0.2, 0.25) is 0 Å². The molecule has 32 heavy (non-hydrogen) atoms. The molecule has 0 bridgehead atoms. The molecule has 1 atom stereocenters. The Kier molecular flexibility index (Phi) is 7.05. The number of aryl methyl sites for hydroxylation is 1. The van der Waals surface area contributed by atoms with Crippen molar-refractivity contribution >= 4 is 17.4 Å². The molecule has 2 aromatic rings. The average molecular weight is 439 g/mol. The number of amides is 2. The highest BCUT2D eigenvalue weighted by molar-refractivity contribution is 5.89. The number of carbonyl (C=O) groups excluding carboxylic acids is 1. The molecular formula is C25H34N4O3. The number of nitrogens with zero attached hydrogens (tertiary/aromatic N) is 2. The van der Waals surface area contributed by atoms with Crippen molar-refractivity contribution < 1.29 is 14.3 Å². The molecule has 4 rings (SSSR count). The molecule has 0 spiro atoms. The van der Waals surface area contributed by atoms with Crippen molar-refractivity contribution in [2.24, 2.45) is 0 Å². The molecule has 0 aromatic heterocycles. The van der Waals surface area contributed by atoms with Gasteiger partial charge in [-0.1, -0.05) is 12.1 Å². The standard InChI is InChI=1S/C25H34N4O3/c1-28-10-6-7-18-13-19(8-9-23(18)28)24(29-11-4-5-12-29)17-26-25(30)27-20-14-21(31-2)16-22(15-20)32-3/h8-9,13-16,24H,4-7,10-12,17H2,1-3H3,(H2,26,27,30)/t24-/m1/s1. The quantitative estimate of drug-likeness (QED) is 0.683. The first kappa shape index (κ1) is 22.3. The van der Waals surface area contributed by atoms with Crippen LogP contribution in [0.15, 0.2) is 36.4 Å². The fourth-order valence-electron chi connectivity index (χ4n) is 4.77. The van der Waals surface area contributed by atoms with Gasteiger partial charge in [0.1, 0.15) is 11.5 Å². The highest BCUT2D eigenvalue weighted by Gasteiger charge is 2.25. The highest BCUT2D eigenvalue weighted by atomic mass is 16.5. The molecule has 0 radical (unpaired) electrons. The molecule has 2 amide bonds. The first-order valence-corrected chi connectivity index (χ1v) is 11.4. The predicted octanol–water partition coefficient (Wildman–Crippen LogP) is 4.04. The second kappa shape index (κ2) is 10.1. The Hall–Kier alpha value is -2.93. The zero-order valence-corrected chi connectivity index (χ0v) is 19.3. The summed E-state index contributed by atoms with van der Waals surface area (Å²) in [4.78, 5) is 17.5. The van der Waals surface area contributed by atoms with Gasteiger partial charge in [0.25, 0.3) is 0 Å². The Labute approximate surface area is 190 Å². The van der Waals surface area contributed by atoms with Crippen molar-refractivity contribution in [3.63, 3.8) is 0 Å². The van der Waals surface area contributed by atoms with Crippen LogP contribution >= 0.6 is 0 Å². The van der Waals surface area contributed by atoms with E-state index < -0.39 is 0 Å². The summed E-state index contributed by atoms with van der Waals surface area (Å²) < 4.78 is 10.6. The van der Waals surface area contributed by atoms with E-state index in [0.717, 1.165) is 26.1 Å². The van der Waals surface area contributed by atoms with Crippen LogP contribution in [0.1, 0.15) is 36.4 Å². The van der Waals surface area contributed by atoms with E-state index in [1.165, 1.54) is 36.1 Å². The summed E-state index contributed by atoms with van der Waals surface area (Å²) in [5.74, 6) is 1.27. The van der Waals surface area contributed by atoms with Crippen LogP contribution in [0.4, 0.5) is 16.2 Å². The number of likely N-dealkylation sites (tertiary alicyclic amines) is 1. The fraction of sp³-hybridized carbons (Fsp3) is 0.480. The Morgan fingerprint density at radius 2 is 1.72 bits per heavy atom. The van der Waals surface area contributed by atoms with Crippen LogP contribution in [0.2, 0.25) is 0 Å². The Bertz CT molecular complexity index is 921. The van der Waals surface area contributed by atoms with Gasteiger partial charge in [-0.15, -0.1) is 0 Å². The van der Waals surface area contributed by atoms with Gasteiger partial charge in [-0.3, -0.25) is 4.90 Å². The van der Waals surface area contributed by atoms with E-state index in [0.29, 0.717) is 23.7 Å². The van der Waals surface area contributed by atoms with Crippen LogP contribution in [0.25, 0.3) is 0 Å². The fourth-order valence-corrected chi connectivity index (χ4v) is 4.77. The number of methoxy groups -OCH3 is 2. The Morgan fingerprint density at radius 3 is 2.41 bits per heavy atom. The molecule has 2 aliphatic rings. The smallest absolute Gasteiger partial charge is 0.319 e. The normalized spacial score (nSPS) is 16.9. The Morgan fingerprint density at radius 1 is 1.00 bits per heavy atom. The van der Waals surface area contributed by atoms with Gasteiger partial charge in [0.05, 0.1) is 20.3 Å². The van der Waals surface area contributed by atoms with E-state index in [9.17, 15) is 4.79 Å². The molecule has 2 aromatic carbocycles. The number of hydrogen-bond donors (Lipinski definition) is 2. The summed E-state index contributed by atoms with van der Waals surface area (Å²) in [6, 6.07) is 12.1. The van der Waals surface area contributed by atoms with Crippen molar-refractivity contribution in [1.29, 1.82) is 0 Å². The van der Waals surface area contributed by atoms with Gasteiger partial charge in [-0.25, -0.2) is 4.79 Å². The molecule has 172 valence electrons. The largest absolute Gasteiger partial charge is 0.497 e. The molecule has 7 nitrogen and oxygen atoms in total. The number of nitrogens with one attached hydrogen (secondary N) is 2. The number of hydrogen-bond acceptors (Lipinski definition) is 5. The lowest BCUT2D eigenvalue weighted by Gasteiger charge is -2.32. The molecule has 2 N–H and O–H groups in total. The number of anilines is 2. The van der Waals surface area contributed by atoms with E-state index in [2.05, 4.69) is 45.7 Å². The molecule has 1 fully saturated rings. The van der Waals surface area contributed by atoms with E-state index in [1.807, 2.05) is 0 Å². The van der Waals surface area contributed by atoms with Crippen molar-refractivity contribution in [3.05, 3.63) is 47.5 Å². The molecule has 0 saturated carbocycles. The number of carbonyl (C=O) groups is 1. The highest BCUT2D eigenvalue weighted by Crippen LogP contribution is 2.32. The Balaban J connectivity index is 1.46. The average Bonchev–Trinajstić information content (AvgIpc) is 3.33. The van der Waals surface area contributed by atoms with Crippen LogP contribution < -0.4 is 25.0 Å². The minimum Gasteiger partial charge on any atom is -0.497 e. The monoisotopic (exact) mass is 438 g/mol. The van der Waals surface area contributed by atoms with Gasteiger partial charge in [-0.2, -0.15) is 0 Å². The number of fused-ring (bicyclic) bond motifs is 1. The SMILES string of the molecule is COc1cc(NC(=O)NC[C@H](c2ccc3c(c2)CCCN3C)N2CCCC2)cc(OC)c1. The van der Waals surface area contributed by atoms with E-state index in [1.54, 1.807) is 32.4 Å². The molecule has 2 aliphatic heterocycles. The second-order valence-electron chi connectivity index (χ2n) is 8.61. The minimum absolute atomic E-state index is 0.167. The van der Waals surface area contributed by atoms with Crippen LogP contribution in [0.3, 0.4) is 0 Å². The first-order valence-electron chi connectivity index (χ1n) is 11.4. The third-order valence-electron chi connectivity index (χ3n) is 6.49. The predicted molar refractivity (Wildman–Crippen MR) is 128 cm³/mol. The van der Waals surface area contributed by atoms with Crippen molar-refractivity contribution in [1.82, 2.24) is 10.2 Å². The van der Waals surface area contributed by atoms with Gasteiger partial charge in [0, 0.05) is 49.7 Å². The summed E-state index contributed by atoms with van der Waals surface area (Å²) in [5.41, 5.74) is 4.66. The van der Waals surface area contributed by atoms with Gasteiger partial charge in [-0.05, 0) is 56.0 Å². The van der Waals surface area contributed by atoms with Gasteiger partial charge >= 0.3 is 6.03 Å². The number of benzene rings is 2. The topological polar surface area (TPSA) is 66.1 Å². The molecule has 0 aliphatic carbocycles. The lowest BCUT2D eigenvalue weighted by atomic mass is 9.96.